The van der Waals surface area contributed by atoms with Crippen LogP contribution >= 0.6 is 0 Å². The smallest absolute Gasteiger partial charge is 0.200 e. The van der Waals surface area contributed by atoms with Gasteiger partial charge < -0.3 is 9.47 Å². The lowest BCUT2D eigenvalue weighted by Crippen LogP contribution is -2.38. The van der Waals surface area contributed by atoms with E-state index in [4.69, 9.17) is 9.47 Å². The minimum Gasteiger partial charge on any atom is -0.487 e. The maximum absolute atomic E-state index is 14.5. The number of benzene rings is 1. The first-order valence-corrected chi connectivity index (χ1v) is 11.5. The molecular weight excluding hydrogens is 396 g/mol. The third-order valence-corrected chi connectivity index (χ3v) is 5.91. The molecule has 0 saturated carbocycles. The van der Waals surface area contributed by atoms with E-state index in [1.54, 1.807) is 0 Å². The van der Waals surface area contributed by atoms with Gasteiger partial charge in [0.05, 0.1) is 12.7 Å². The van der Waals surface area contributed by atoms with Crippen molar-refractivity contribution in [1.82, 2.24) is 0 Å². The van der Waals surface area contributed by atoms with Crippen LogP contribution in [0.25, 0.3) is 0 Å². The molecule has 1 aromatic rings. The molecule has 0 N–H and O–H groups in total. The quantitative estimate of drug-likeness (QED) is 0.244. The largest absolute Gasteiger partial charge is 0.487 e. The Hall–Kier alpha value is -1.30. The Morgan fingerprint density at radius 2 is 1.77 bits per heavy atom. The van der Waals surface area contributed by atoms with Crippen molar-refractivity contribution in [3.63, 3.8) is 0 Å². The molecule has 1 saturated heterocycles. The van der Waals surface area contributed by atoms with Crippen LogP contribution in [0.5, 0.6) is 5.75 Å². The Bertz CT molecular complexity index is 617. The van der Waals surface area contributed by atoms with Gasteiger partial charge >= 0.3 is 0 Å². The van der Waals surface area contributed by atoms with Gasteiger partial charge in [0, 0.05) is 5.92 Å². The van der Waals surface area contributed by atoms with Crippen molar-refractivity contribution in [1.29, 1.82) is 0 Å². The molecule has 0 radical (unpaired) electrons. The Morgan fingerprint density at radius 1 is 1.00 bits per heavy atom. The molecule has 1 heterocycles. The number of alkyl halides is 2. The van der Waals surface area contributed by atoms with Gasteiger partial charge in [-0.1, -0.05) is 52.0 Å². The van der Waals surface area contributed by atoms with Crippen molar-refractivity contribution in [2.75, 3.05) is 13.2 Å². The van der Waals surface area contributed by atoms with Crippen LogP contribution in [-0.4, -0.2) is 31.7 Å². The van der Waals surface area contributed by atoms with Gasteiger partial charge in [-0.15, -0.1) is 0 Å². The number of hydrogen-bond donors (Lipinski definition) is 0. The molecule has 0 amide bonds. The second kappa shape index (κ2) is 13.2. The number of rotatable bonds is 13. The van der Waals surface area contributed by atoms with E-state index < -0.39 is 36.5 Å². The predicted molar refractivity (Wildman–Crippen MR) is 111 cm³/mol. The maximum Gasteiger partial charge on any atom is 0.200 e. The number of unbranched alkanes of at least 4 members (excludes halogenated alkanes) is 4. The second-order valence-electron chi connectivity index (χ2n) is 8.37. The Kier molecular flexibility index (Phi) is 11.0. The molecule has 2 nitrogen and oxygen atoms in total. The molecule has 1 aliphatic heterocycles. The topological polar surface area (TPSA) is 18.5 Å². The summed E-state index contributed by atoms with van der Waals surface area (Å²) in [5.74, 6) is -3.03. The highest BCUT2D eigenvalue weighted by atomic mass is 19.2. The molecule has 1 aromatic carbocycles. The summed E-state index contributed by atoms with van der Waals surface area (Å²) in [6.07, 6.45) is 5.42. The van der Waals surface area contributed by atoms with Crippen LogP contribution in [0.1, 0.15) is 77.2 Å². The first kappa shape index (κ1) is 25.0. The minimum absolute atomic E-state index is 0.128. The fourth-order valence-electron chi connectivity index (χ4n) is 3.90. The van der Waals surface area contributed by atoms with Crippen molar-refractivity contribution in [3.05, 3.63) is 29.3 Å². The van der Waals surface area contributed by atoms with Crippen LogP contribution in [0.4, 0.5) is 17.6 Å². The first-order valence-electron chi connectivity index (χ1n) is 11.5. The van der Waals surface area contributed by atoms with E-state index in [-0.39, 0.29) is 24.0 Å². The molecule has 172 valence electrons. The Morgan fingerprint density at radius 3 is 2.43 bits per heavy atom. The van der Waals surface area contributed by atoms with Gasteiger partial charge in [-0.05, 0) is 43.7 Å². The van der Waals surface area contributed by atoms with Gasteiger partial charge in [-0.25, -0.2) is 13.2 Å². The van der Waals surface area contributed by atoms with Crippen molar-refractivity contribution in [3.8, 4) is 5.75 Å². The molecule has 30 heavy (non-hydrogen) atoms. The molecule has 0 aliphatic carbocycles. The van der Waals surface area contributed by atoms with E-state index in [1.165, 1.54) is 31.4 Å². The van der Waals surface area contributed by atoms with Crippen molar-refractivity contribution in [2.24, 2.45) is 5.92 Å². The summed E-state index contributed by atoms with van der Waals surface area (Å²) in [5.41, 5.74) is 0.269. The molecule has 1 fully saturated rings. The summed E-state index contributed by atoms with van der Waals surface area (Å²) in [6.45, 7) is 3.66. The van der Waals surface area contributed by atoms with Gasteiger partial charge in [-0.3, -0.25) is 0 Å². The van der Waals surface area contributed by atoms with Crippen LogP contribution in [0.15, 0.2) is 12.1 Å². The summed E-state index contributed by atoms with van der Waals surface area (Å²) in [4.78, 5) is 0. The highest BCUT2D eigenvalue weighted by Crippen LogP contribution is 2.30. The fourth-order valence-corrected chi connectivity index (χ4v) is 3.90. The lowest BCUT2D eigenvalue weighted by atomic mass is 9.90. The predicted octanol–water partition coefficient (Wildman–Crippen LogP) is 7.13. The van der Waals surface area contributed by atoms with Gasteiger partial charge in [0.2, 0.25) is 5.82 Å². The summed E-state index contributed by atoms with van der Waals surface area (Å²) >= 11 is 0. The highest BCUT2D eigenvalue weighted by molar-refractivity contribution is 5.31. The van der Waals surface area contributed by atoms with Crippen LogP contribution in [0.3, 0.4) is 0 Å². The highest BCUT2D eigenvalue weighted by Gasteiger charge is 2.34. The molecule has 4 unspecified atom stereocenters. The third kappa shape index (κ3) is 7.44. The molecule has 6 heteroatoms. The molecule has 4 atom stereocenters. The number of hydrogen-bond acceptors (Lipinski definition) is 2. The average Bonchev–Trinajstić information content (AvgIpc) is 2.76. The van der Waals surface area contributed by atoms with Crippen molar-refractivity contribution >= 4 is 0 Å². The second-order valence-corrected chi connectivity index (χ2v) is 8.37. The SMILES string of the molecule is CCCCCCC1CCC(C(F)C(F)COc2ccc(CCCC)c(F)c2F)CO1. The zero-order chi connectivity index (χ0) is 21.9. The summed E-state index contributed by atoms with van der Waals surface area (Å²) in [5, 5.41) is 0. The van der Waals surface area contributed by atoms with Crippen LogP contribution in [-0.2, 0) is 11.2 Å². The molecular formula is C24H36F4O2. The number of aryl methyl sites for hydroxylation is 1. The van der Waals surface area contributed by atoms with Crippen LogP contribution < -0.4 is 4.74 Å². The lowest BCUT2D eigenvalue weighted by Gasteiger charge is -2.32. The lowest BCUT2D eigenvalue weighted by molar-refractivity contribution is -0.0582. The zero-order valence-corrected chi connectivity index (χ0v) is 18.3. The van der Waals surface area contributed by atoms with Gasteiger partial charge in [0.1, 0.15) is 12.8 Å². The standard InChI is InChI=1S/C24H36F4O2/c1-3-5-7-8-10-19-13-11-18(15-29-19)22(26)20(25)16-30-21-14-12-17(9-6-4-2)23(27)24(21)28/h12,14,18-20,22H,3-11,13,15-16H2,1-2H3. The summed E-state index contributed by atoms with van der Waals surface area (Å²) in [6, 6.07) is 2.73. The Labute approximate surface area is 178 Å². The fraction of sp³-hybridized carbons (Fsp3) is 0.750. The first-order chi connectivity index (χ1) is 14.5. The zero-order valence-electron chi connectivity index (χ0n) is 18.3. The number of ether oxygens (including phenoxy) is 2. The van der Waals surface area contributed by atoms with E-state index in [9.17, 15) is 17.6 Å². The summed E-state index contributed by atoms with van der Waals surface area (Å²) < 4.78 is 67.9. The van der Waals surface area contributed by atoms with E-state index in [0.717, 1.165) is 32.1 Å². The molecule has 0 spiro atoms. The molecule has 0 aromatic heterocycles. The van der Waals surface area contributed by atoms with Gasteiger partial charge in [0.15, 0.2) is 17.7 Å². The monoisotopic (exact) mass is 432 g/mol. The van der Waals surface area contributed by atoms with Crippen molar-refractivity contribution < 1.29 is 27.0 Å². The Balaban J connectivity index is 1.77. The van der Waals surface area contributed by atoms with E-state index in [0.29, 0.717) is 12.8 Å². The van der Waals surface area contributed by atoms with Crippen molar-refractivity contribution in [2.45, 2.75) is 96.5 Å². The minimum atomic E-state index is -1.91. The third-order valence-electron chi connectivity index (χ3n) is 5.91. The summed E-state index contributed by atoms with van der Waals surface area (Å²) in [7, 11) is 0. The van der Waals surface area contributed by atoms with E-state index >= 15 is 0 Å². The van der Waals surface area contributed by atoms with E-state index in [2.05, 4.69) is 6.92 Å². The van der Waals surface area contributed by atoms with E-state index in [1.807, 2.05) is 6.92 Å². The average molecular weight is 433 g/mol. The number of halogens is 4. The van der Waals surface area contributed by atoms with Crippen LogP contribution in [0.2, 0.25) is 0 Å². The molecule has 0 bridgehead atoms. The van der Waals surface area contributed by atoms with Crippen LogP contribution in [0, 0.1) is 17.6 Å². The molecule has 2 rings (SSSR count). The van der Waals surface area contributed by atoms with Gasteiger partial charge in [-0.2, -0.15) is 4.39 Å². The van der Waals surface area contributed by atoms with Gasteiger partial charge in [0.25, 0.3) is 0 Å². The maximum atomic E-state index is 14.5. The molecule has 1 aliphatic rings. The normalized spacial score (nSPS) is 21.4.